The molecule has 2 amide bonds. The molecule has 5 nitrogen and oxygen atoms in total. The van der Waals surface area contributed by atoms with E-state index in [4.69, 9.17) is 16.2 Å². The van der Waals surface area contributed by atoms with Crippen LogP contribution in [0, 0.1) is 6.92 Å². The van der Waals surface area contributed by atoms with E-state index in [1.807, 2.05) is 32.0 Å². The molecule has 0 saturated heterocycles. The first kappa shape index (κ1) is 13.3. The van der Waals surface area contributed by atoms with Gasteiger partial charge in [-0.05, 0) is 31.5 Å². The molecule has 1 aromatic carbocycles. The molecule has 1 unspecified atom stereocenters. The Hall–Kier alpha value is -1.75. The highest BCUT2D eigenvalue weighted by molar-refractivity contribution is 5.92. The van der Waals surface area contributed by atoms with Gasteiger partial charge in [0.25, 0.3) is 0 Å². The van der Waals surface area contributed by atoms with Gasteiger partial charge in [-0.15, -0.1) is 0 Å². The zero-order valence-corrected chi connectivity index (χ0v) is 10.4. The first-order valence-electron chi connectivity index (χ1n) is 5.43. The van der Waals surface area contributed by atoms with Crippen molar-refractivity contribution in [1.82, 2.24) is 0 Å². The number of hydrogen-bond acceptors (Lipinski definition) is 3. The zero-order valence-electron chi connectivity index (χ0n) is 10.4. The molecule has 0 fully saturated rings. The Bertz CT molecular complexity index is 405. The SMILES string of the molecule is COc1ccc(C)cc1N(CC(C)N)C(N)=O. The Morgan fingerprint density at radius 2 is 2.18 bits per heavy atom. The predicted molar refractivity (Wildman–Crippen MR) is 68.3 cm³/mol. The molecule has 1 atom stereocenters. The topological polar surface area (TPSA) is 81.6 Å². The van der Waals surface area contributed by atoms with E-state index < -0.39 is 6.03 Å². The van der Waals surface area contributed by atoms with Crippen LogP contribution in [0.5, 0.6) is 5.75 Å². The van der Waals surface area contributed by atoms with Crippen molar-refractivity contribution in [3.8, 4) is 5.75 Å². The molecule has 0 radical (unpaired) electrons. The number of methoxy groups -OCH3 is 1. The number of carbonyl (C=O) groups excluding carboxylic acids is 1. The van der Waals surface area contributed by atoms with Crippen LogP contribution in [0.3, 0.4) is 0 Å². The summed E-state index contributed by atoms with van der Waals surface area (Å²) in [5.41, 5.74) is 12.7. The minimum atomic E-state index is -0.536. The fourth-order valence-corrected chi connectivity index (χ4v) is 1.61. The number of anilines is 1. The molecule has 0 bridgehead atoms. The maximum absolute atomic E-state index is 11.5. The number of aryl methyl sites for hydroxylation is 1. The summed E-state index contributed by atoms with van der Waals surface area (Å²) >= 11 is 0. The van der Waals surface area contributed by atoms with E-state index >= 15 is 0 Å². The monoisotopic (exact) mass is 237 g/mol. The molecule has 0 aliphatic carbocycles. The number of rotatable bonds is 4. The summed E-state index contributed by atoms with van der Waals surface area (Å²) in [4.78, 5) is 12.9. The van der Waals surface area contributed by atoms with Crippen molar-refractivity contribution in [2.24, 2.45) is 11.5 Å². The summed E-state index contributed by atoms with van der Waals surface area (Å²) in [6.45, 7) is 4.11. The molecule has 1 aromatic rings. The van der Waals surface area contributed by atoms with Gasteiger partial charge in [0.15, 0.2) is 0 Å². The largest absolute Gasteiger partial charge is 0.495 e. The van der Waals surface area contributed by atoms with E-state index in [9.17, 15) is 4.79 Å². The summed E-state index contributed by atoms with van der Waals surface area (Å²) in [5, 5.41) is 0. The summed E-state index contributed by atoms with van der Waals surface area (Å²) in [5.74, 6) is 0.607. The maximum Gasteiger partial charge on any atom is 0.319 e. The zero-order chi connectivity index (χ0) is 13.0. The van der Waals surface area contributed by atoms with Gasteiger partial charge < -0.3 is 16.2 Å². The highest BCUT2D eigenvalue weighted by Gasteiger charge is 2.18. The molecule has 4 N–H and O–H groups in total. The van der Waals surface area contributed by atoms with Crippen molar-refractivity contribution in [3.05, 3.63) is 23.8 Å². The molecule has 0 heterocycles. The highest BCUT2D eigenvalue weighted by Crippen LogP contribution is 2.29. The Labute approximate surface area is 101 Å². The third-order valence-electron chi connectivity index (χ3n) is 2.36. The van der Waals surface area contributed by atoms with Crippen LogP contribution in [0.1, 0.15) is 12.5 Å². The van der Waals surface area contributed by atoms with Crippen LogP contribution in [0.15, 0.2) is 18.2 Å². The fraction of sp³-hybridized carbons (Fsp3) is 0.417. The van der Waals surface area contributed by atoms with Crippen LogP contribution in [-0.2, 0) is 0 Å². The minimum Gasteiger partial charge on any atom is -0.495 e. The standard InChI is InChI=1S/C12H19N3O2/c1-8-4-5-11(17-3)10(6-8)15(12(14)16)7-9(2)13/h4-6,9H,7,13H2,1-3H3,(H2,14,16). The number of nitrogens with two attached hydrogens (primary N) is 2. The van der Waals surface area contributed by atoms with Gasteiger partial charge in [0.2, 0.25) is 0 Å². The summed E-state index contributed by atoms with van der Waals surface area (Å²) < 4.78 is 5.22. The smallest absolute Gasteiger partial charge is 0.319 e. The molecular formula is C12H19N3O2. The highest BCUT2D eigenvalue weighted by atomic mass is 16.5. The summed E-state index contributed by atoms with van der Waals surface area (Å²) in [6, 6.07) is 4.88. The third-order valence-corrected chi connectivity index (χ3v) is 2.36. The molecule has 0 aliphatic heterocycles. The van der Waals surface area contributed by atoms with E-state index in [1.165, 1.54) is 4.90 Å². The van der Waals surface area contributed by atoms with Crippen molar-refractivity contribution < 1.29 is 9.53 Å². The number of ether oxygens (including phenoxy) is 1. The van der Waals surface area contributed by atoms with Gasteiger partial charge in [-0.3, -0.25) is 4.90 Å². The number of primary amides is 1. The molecule has 1 rings (SSSR count). The normalized spacial score (nSPS) is 12.0. The lowest BCUT2D eigenvalue weighted by Crippen LogP contribution is -2.43. The summed E-state index contributed by atoms with van der Waals surface area (Å²) in [6.07, 6.45) is 0. The lowest BCUT2D eigenvalue weighted by Gasteiger charge is -2.24. The second-order valence-electron chi connectivity index (χ2n) is 4.10. The number of hydrogen-bond donors (Lipinski definition) is 2. The molecule has 0 spiro atoms. The van der Waals surface area contributed by atoms with E-state index in [-0.39, 0.29) is 6.04 Å². The van der Waals surface area contributed by atoms with Gasteiger partial charge in [-0.25, -0.2) is 4.79 Å². The van der Waals surface area contributed by atoms with Crippen LogP contribution >= 0.6 is 0 Å². The molecule has 17 heavy (non-hydrogen) atoms. The maximum atomic E-state index is 11.5. The van der Waals surface area contributed by atoms with E-state index in [2.05, 4.69) is 0 Å². The lowest BCUT2D eigenvalue weighted by atomic mass is 10.2. The number of amides is 2. The average molecular weight is 237 g/mol. The Morgan fingerprint density at radius 1 is 1.53 bits per heavy atom. The number of benzene rings is 1. The van der Waals surface area contributed by atoms with Gasteiger partial charge in [0.05, 0.1) is 12.8 Å². The number of nitrogens with zero attached hydrogens (tertiary/aromatic N) is 1. The molecule has 0 aliphatic rings. The molecule has 5 heteroatoms. The van der Waals surface area contributed by atoms with Crippen molar-refractivity contribution in [3.63, 3.8) is 0 Å². The van der Waals surface area contributed by atoms with Crippen LogP contribution in [-0.4, -0.2) is 25.7 Å². The quantitative estimate of drug-likeness (QED) is 0.826. The number of carbonyl (C=O) groups is 1. The van der Waals surface area contributed by atoms with E-state index in [1.54, 1.807) is 7.11 Å². The second kappa shape index (κ2) is 5.54. The fourth-order valence-electron chi connectivity index (χ4n) is 1.61. The van der Waals surface area contributed by atoms with Gasteiger partial charge in [-0.2, -0.15) is 0 Å². The Morgan fingerprint density at radius 3 is 2.65 bits per heavy atom. The molecule has 94 valence electrons. The van der Waals surface area contributed by atoms with Crippen LogP contribution in [0.25, 0.3) is 0 Å². The average Bonchev–Trinajstić information content (AvgIpc) is 2.25. The van der Waals surface area contributed by atoms with Crippen molar-refractivity contribution in [1.29, 1.82) is 0 Å². The Balaban J connectivity index is 3.16. The van der Waals surface area contributed by atoms with Crippen LogP contribution in [0.2, 0.25) is 0 Å². The van der Waals surface area contributed by atoms with Crippen molar-refractivity contribution in [2.45, 2.75) is 19.9 Å². The predicted octanol–water partition coefficient (Wildman–Crippen LogP) is 1.24. The minimum absolute atomic E-state index is 0.160. The van der Waals surface area contributed by atoms with Crippen molar-refractivity contribution in [2.75, 3.05) is 18.6 Å². The lowest BCUT2D eigenvalue weighted by molar-refractivity contribution is 0.253. The van der Waals surface area contributed by atoms with Gasteiger partial charge in [0, 0.05) is 12.6 Å². The molecule has 0 saturated carbocycles. The molecule has 0 aromatic heterocycles. The number of urea groups is 1. The summed E-state index contributed by atoms with van der Waals surface area (Å²) in [7, 11) is 1.55. The van der Waals surface area contributed by atoms with Crippen LogP contribution < -0.4 is 21.1 Å². The van der Waals surface area contributed by atoms with E-state index in [0.29, 0.717) is 18.0 Å². The van der Waals surface area contributed by atoms with Crippen molar-refractivity contribution >= 4 is 11.7 Å². The van der Waals surface area contributed by atoms with Gasteiger partial charge in [0.1, 0.15) is 5.75 Å². The second-order valence-corrected chi connectivity index (χ2v) is 4.10. The van der Waals surface area contributed by atoms with Gasteiger partial charge in [-0.1, -0.05) is 6.07 Å². The first-order valence-corrected chi connectivity index (χ1v) is 5.43. The third kappa shape index (κ3) is 3.35. The van der Waals surface area contributed by atoms with E-state index in [0.717, 1.165) is 5.56 Å². The van der Waals surface area contributed by atoms with Gasteiger partial charge >= 0.3 is 6.03 Å². The molecular weight excluding hydrogens is 218 g/mol. The van der Waals surface area contributed by atoms with Crippen LogP contribution in [0.4, 0.5) is 10.5 Å². The first-order chi connectivity index (χ1) is 7.95. The Kier molecular flexibility index (Phi) is 4.34.